The molecular formula is C33H41N5O6. The number of methoxy groups -OCH3 is 1. The minimum absolute atomic E-state index is 0.117. The van der Waals surface area contributed by atoms with Crippen LogP contribution < -0.4 is 25.5 Å². The number of esters is 1. The lowest BCUT2D eigenvalue weighted by atomic mass is 9.95. The number of nitrogens with zero attached hydrogens (tertiary/aromatic N) is 2. The van der Waals surface area contributed by atoms with Crippen molar-refractivity contribution in [2.45, 2.75) is 59.7 Å². The molecule has 11 heteroatoms. The molecule has 0 aliphatic carbocycles. The Morgan fingerprint density at radius 2 is 1.82 bits per heavy atom. The van der Waals surface area contributed by atoms with Crippen LogP contribution in [-0.2, 0) is 9.53 Å². The minimum atomic E-state index is -1.10. The molecule has 4 N–H and O–H groups in total. The molecule has 2 aromatic carbocycles. The van der Waals surface area contributed by atoms with E-state index < -0.39 is 24.3 Å². The third-order valence-corrected chi connectivity index (χ3v) is 7.39. The number of aliphatic hydroxyl groups is 1. The first kappa shape index (κ1) is 32.2. The van der Waals surface area contributed by atoms with Crippen LogP contribution in [0.1, 0.15) is 67.7 Å². The molecule has 0 spiro atoms. The van der Waals surface area contributed by atoms with Crippen LogP contribution >= 0.6 is 0 Å². The predicted octanol–water partition coefficient (Wildman–Crippen LogP) is 4.74. The number of urea groups is 1. The summed E-state index contributed by atoms with van der Waals surface area (Å²) in [4.78, 5) is 24.6. The van der Waals surface area contributed by atoms with Crippen molar-refractivity contribution in [3.05, 3.63) is 87.9 Å². The molecule has 234 valence electrons. The third kappa shape index (κ3) is 7.23. The number of aryl methyl sites for hydroxylation is 1. The van der Waals surface area contributed by atoms with Gasteiger partial charge in [0.05, 0.1) is 31.5 Å². The van der Waals surface area contributed by atoms with Gasteiger partial charge in [0.1, 0.15) is 6.61 Å². The number of amides is 2. The van der Waals surface area contributed by atoms with Gasteiger partial charge in [0, 0.05) is 28.3 Å². The van der Waals surface area contributed by atoms with Crippen LogP contribution in [0.3, 0.4) is 0 Å². The second kappa shape index (κ2) is 14.1. The number of aliphatic hydroxyl groups excluding tert-OH is 1. The van der Waals surface area contributed by atoms with E-state index in [0.29, 0.717) is 35.3 Å². The van der Waals surface area contributed by atoms with Crippen LogP contribution in [0.25, 0.3) is 5.69 Å². The van der Waals surface area contributed by atoms with E-state index in [0.717, 1.165) is 22.6 Å². The highest BCUT2D eigenvalue weighted by Gasteiger charge is 2.32. The fourth-order valence-corrected chi connectivity index (χ4v) is 5.14. The highest BCUT2D eigenvalue weighted by Crippen LogP contribution is 2.35. The summed E-state index contributed by atoms with van der Waals surface area (Å²) >= 11 is 0. The lowest BCUT2D eigenvalue weighted by Gasteiger charge is -2.28. The molecule has 0 fully saturated rings. The number of hydrogen-bond acceptors (Lipinski definition) is 8. The number of hydrogen-bond donors (Lipinski definition) is 4. The van der Waals surface area contributed by atoms with Crippen molar-refractivity contribution in [2.24, 2.45) is 5.10 Å². The van der Waals surface area contributed by atoms with Gasteiger partial charge in [-0.05, 0) is 75.1 Å². The fraction of sp³-hybridized carbons (Fsp3) is 0.364. The lowest BCUT2D eigenvalue weighted by Crippen LogP contribution is -2.45. The van der Waals surface area contributed by atoms with Crippen LogP contribution in [-0.4, -0.2) is 54.4 Å². The zero-order chi connectivity index (χ0) is 32.0. The molecule has 0 saturated carbocycles. The average Bonchev–Trinajstić information content (AvgIpc) is 3.28. The number of nitrogens with one attached hydrogen (secondary N) is 3. The first-order valence-corrected chi connectivity index (χ1v) is 14.6. The van der Waals surface area contributed by atoms with Gasteiger partial charge in [-0.25, -0.2) is 9.59 Å². The van der Waals surface area contributed by atoms with Crippen molar-refractivity contribution in [1.82, 2.24) is 20.6 Å². The molecule has 0 bridgehead atoms. The number of allylic oxidation sites excluding steroid dienone is 1. The van der Waals surface area contributed by atoms with Gasteiger partial charge in [-0.3, -0.25) is 5.43 Å². The first-order chi connectivity index (χ1) is 21.0. The highest BCUT2D eigenvalue weighted by molar-refractivity contribution is 5.95. The van der Waals surface area contributed by atoms with Crippen molar-refractivity contribution in [3.8, 4) is 17.2 Å². The molecule has 11 nitrogen and oxygen atoms in total. The van der Waals surface area contributed by atoms with Gasteiger partial charge in [0.25, 0.3) is 0 Å². The standard InChI is InChI=1S/C33H41N5O6/c1-8-43-28-16-24(31-30(32(40)42-7)21(5)35-33(41)36-31)11-14-27(28)44-18-29(39)37-34-17-25-15-20(4)38(22(25)6)26-12-9-23(10-13-26)19(2)3/h9-17,19,29,31,37,39H,8,18H2,1-7H3,(H2,35,36,41)/b34-17-/t29-,31+/m1/s1. The summed E-state index contributed by atoms with van der Waals surface area (Å²) in [6.45, 7) is 12.1. The van der Waals surface area contributed by atoms with E-state index in [-0.39, 0.29) is 12.2 Å². The SMILES string of the molecule is CCOc1cc([C@@H]2NC(=O)NC(C)=C2C(=O)OC)ccc1OC[C@@H](O)N/N=C\c1cc(C)n(-c2ccc(C(C)C)cc2)c1C. The number of rotatable bonds is 12. The quantitative estimate of drug-likeness (QED) is 0.102. The number of carbonyl (C=O) groups is 2. The molecule has 0 unspecified atom stereocenters. The summed E-state index contributed by atoms with van der Waals surface area (Å²) in [7, 11) is 1.28. The maximum atomic E-state index is 12.5. The van der Waals surface area contributed by atoms with Gasteiger partial charge in [0.15, 0.2) is 17.7 Å². The van der Waals surface area contributed by atoms with Gasteiger partial charge >= 0.3 is 12.0 Å². The molecule has 3 aromatic rings. The van der Waals surface area contributed by atoms with Crippen LogP contribution in [0.2, 0.25) is 0 Å². The third-order valence-electron chi connectivity index (χ3n) is 7.39. The molecule has 2 atom stereocenters. The van der Waals surface area contributed by atoms with Gasteiger partial charge in [0.2, 0.25) is 0 Å². The molecule has 0 saturated heterocycles. The van der Waals surface area contributed by atoms with Crippen molar-refractivity contribution < 1.29 is 28.9 Å². The molecular weight excluding hydrogens is 562 g/mol. The fourth-order valence-electron chi connectivity index (χ4n) is 5.14. The Morgan fingerprint density at radius 1 is 1.09 bits per heavy atom. The van der Waals surface area contributed by atoms with Gasteiger partial charge in [-0.2, -0.15) is 5.10 Å². The molecule has 0 radical (unpaired) electrons. The van der Waals surface area contributed by atoms with E-state index in [1.54, 1.807) is 31.3 Å². The predicted molar refractivity (Wildman–Crippen MR) is 168 cm³/mol. The number of carbonyl (C=O) groups excluding carboxylic acids is 2. The van der Waals surface area contributed by atoms with E-state index >= 15 is 0 Å². The topological polar surface area (TPSA) is 135 Å². The van der Waals surface area contributed by atoms with Gasteiger partial charge in [-0.15, -0.1) is 0 Å². The summed E-state index contributed by atoms with van der Waals surface area (Å²) in [6.07, 6.45) is 0.569. The lowest BCUT2D eigenvalue weighted by molar-refractivity contribution is -0.136. The zero-order valence-corrected chi connectivity index (χ0v) is 26.2. The Bertz CT molecular complexity index is 1560. The number of ether oxygens (including phenoxy) is 3. The Kier molecular flexibility index (Phi) is 10.3. The van der Waals surface area contributed by atoms with Gasteiger partial charge in [-0.1, -0.05) is 32.0 Å². The van der Waals surface area contributed by atoms with Gasteiger partial charge < -0.3 is 34.5 Å². The monoisotopic (exact) mass is 603 g/mol. The second-order valence-corrected chi connectivity index (χ2v) is 10.8. The van der Waals surface area contributed by atoms with E-state index in [4.69, 9.17) is 14.2 Å². The minimum Gasteiger partial charge on any atom is -0.490 e. The molecule has 4 rings (SSSR count). The van der Waals surface area contributed by atoms with Crippen LogP contribution in [0.15, 0.2) is 64.9 Å². The average molecular weight is 604 g/mol. The number of hydrazone groups is 1. The van der Waals surface area contributed by atoms with E-state index in [1.165, 1.54) is 12.7 Å². The van der Waals surface area contributed by atoms with E-state index in [2.05, 4.69) is 63.8 Å². The Hall–Kier alpha value is -4.77. The first-order valence-electron chi connectivity index (χ1n) is 14.6. The molecule has 44 heavy (non-hydrogen) atoms. The maximum Gasteiger partial charge on any atom is 0.337 e. The molecule has 1 aliphatic rings. The molecule has 2 amide bonds. The maximum absolute atomic E-state index is 12.5. The molecule has 1 aromatic heterocycles. The van der Waals surface area contributed by atoms with E-state index in [1.807, 2.05) is 26.8 Å². The smallest absolute Gasteiger partial charge is 0.337 e. The second-order valence-electron chi connectivity index (χ2n) is 10.8. The van der Waals surface area contributed by atoms with Crippen LogP contribution in [0.5, 0.6) is 11.5 Å². The zero-order valence-electron chi connectivity index (χ0n) is 26.2. The van der Waals surface area contributed by atoms with Crippen LogP contribution in [0, 0.1) is 13.8 Å². The molecule has 1 aliphatic heterocycles. The Morgan fingerprint density at radius 3 is 2.48 bits per heavy atom. The van der Waals surface area contributed by atoms with Crippen LogP contribution in [0.4, 0.5) is 4.79 Å². The van der Waals surface area contributed by atoms with E-state index in [9.17, 15) is 14.7 Å². The summed E-state index contributed by atoms with van der Waals surface area (Å²) in [6, 6.07) is 14.5. The van der Waals surface area contributed by atoms with Crippen molar-refractivity contribution in [3.63, 3.8) is 0 Å². The largest absolute Gasteiger partial charge is 0.490 e. The van der Waals surface area contributed by atoms with Crippen molar-refractivity contribution >= 4 is 18.2 Å². The Labute approximate surface area is 257 Å². The number of aromatic nitrogens is 1. The van der Waals surface area contributed by atoms with Crippen molar-refractivity contribution in [2.75, 3.05) is 20.3 Å². The Balaban J connectivity index is 1.42. The summed E-state index contributed by atoms with van der Waals surface area (Å²) < 4.78 is 18.7. The number of benzene rings is 2. The summed E-state index contributed by atoms with van der Waals surface area (Å²) in [5.41, 5.74) is 9.39. The summed E-state index contributed by atoms with van der Waals surface area (Å²) in [5, 5.41) is 20.1. The normalized spacial score (nSPS) is 15.7. The highest BCUT2D eigenvalue weighted by atomic mass is 16.5. The van der Waals surface area contributed by atoms with Crippen molar-refractivity contribution in [1.29, 1.82) is 0 Å². The molecule has 2 heterocycles. The summed E-state index contributed by atoms with van der Waals surface area (Å²) in [5.74, 6) is 0.685.